The third-order valence-electron chi connectivity index (χ3n) is 4.72. The Morgan fingerprint density at radius 2 is 1.52 bits per heavy atom. The van der Waals surface area contributed by atoms with E-state index in [1.54, 1.807) is 24.3 Å². The lowest BCUT2D eigenvalue weighted by Crippen LogP contribution is -2.87. The number of benzene rings is 3. The number of nitrogens with two attached hydrogens (primary N) is 1. The van der Waals surface area contributed by atoms with Gasteiger partial charge in [-0.2, -0.15) is 0 Å². The van der Waals surface area contributed by atoms with Crippen molar-refractivity contribution in [3.63, 3.8) is 0 Å². The van der Waals surface area contributed by atoms with Gasteiger partial charge >= 0.3 is 5.97 Å². The van der Waals surface area contributed by atoms with Gasteiger partial charge in [-0.25, -0.2) is 4.79 Å². The first-order valence-corrected chi connectivity index (χ1v) is 9.50. The number of amides is 1. The van der Waals surface area contributed by atoms with E-state index in [9.17, 15) is 9.59 Å². The molecule has 0 aromatic heterocycles. The molecule has 29 heavy (non-hydrogen) atoms. The van der Waals surface area contributed by atoms with Crippen molar-refractivity contribution in [3.8, 4) is 0 Å². The maximum absolute atomic E-state index is 12.5. The van der Waals surface area contributed by atoms with Crippen molar-refractivity contribution < 1.29 is 19.6 Å². The lowest BCUT2D eigenvalue weighted by molar-refractivity contribution is -0.676. The molecule has 0 spiro atoms. The number of esters is 1. The standard InChI is InChI=1S/C24H24N2O3/c1-17-8-10-19(11-9-17)23(18-6-4-3-5-7-18)25-16-22(27)26-21-14-12-20(13-15-21)24(28)29-2/h3-15,23,25H,16H2,1-2H3,(H,26,27)/p+1/t23-/m0/s1. The summed E-state index contributed by atoms with van der Waals surface area (Å²) in [5.41, 5.74) is 4.58. The van der Waals surface area contributed by atoms with Gasteiger partial charge in [-0.1, -0.05) is 60.2 Å². The Kier molecular flexibility index (Phi) is 6.76. The predicted molar refractivity (Wildman–Crippen MR) is 113 cm³/mol. The summed E-state index contributed by atoms with van der Waals surface area (Å²) in [6, 6.07) is 25.2. The number of quaternary nitrogens is 1. The van der Waals surface area contributed by atoms with Crippen LogP contribution in [0.4, 0.5) is 5.69 Å². The Morgan fingerprint density at radius 3 is 2.14 bits per heavy atom. The van der Waals surface area contributed by atoms with Crippen molar-refractivity contribution >= 4 is 17.6 Å². The van der Waals surface area contributed by atoms with Crippen molar-refractivity contribution in [1.82, 2.24) is 0 Å². The average molecular weight is 389 g/mol. The van der Waals surface area contributed by atoms with Crippen LogP contribution in [0.15, 0.2) is 78.9 Å². The molecule has 1 amide bonds. The summed E-state index contributed by atoms with van der Waals surface area (Å²) in [5.74, 6) is -0.510. The first-order chi connectivity index (χ1) is 14.1. The van der Waals surface area contributed by atoms with Crippen LogP contribution in [-0.2, 0) is 9.53 Å². The minimum absolute atomic E-state index is 0.0317. The number of hydrogen-bond donors (Lipinski definition) is 2. The number of rotatable bonds is 7. The summed E-state index contributed by atoms with van der Waals surface area (Å²) in [6.07, 6.45) is 0. The van der Waals surface area contributed by atoms with Crippen molar-refractivity contribution in [2.75, 3.05) is 19.0 Å². The van der Waals surface area contributed by atoms with E-state index in [0.29, 0.717) is 11.3 Å². The van der Waals surface area contributed by atoms with E-state index >= 15 is 0 Å². The second-order valence-electron chi connectivity index (χ2n) is 6.86. The van der Waals surface area contributed by atoms with Gasteiger partial charge in [0, 0.05) is 16.8 Å². The largest absolute Gasteiger partial charge is 0.465 e. The Labute approximate surface area is 170 Å². The average Bonchev–Trinajstić information content (AvgIpc) is 2.76. The van der Waals surface area contributed by atoms with E-state index in [1.807, 2.05) is 23.5 Å². The molecule has 3 aromatic rings. The molecule has 0 bridgehead atoms. The second-order valence-corrected chi connectivity index (χ2v) is 6.86. The van der Waals surface area contributed by atoms with E-state index in [0.717, 1.165) is 11.1 Å². The number of carbonyl (C=O) groups excluding carboxylic acids is 2. The SMILES string of the molecule is COC(=O)c1ccc(NC(=O)C[NH2+][C@@H](c2ccccc2)c2ccc(C)cc2)cc1. The molecule has 0 saturated carbocycles. The summed E-state index contributed by atoms with van der Waals surface area (Å²) in [4.78, 5) is 24.0. The monoisotopic (exact) mass is 389 g/mol. The molecule has 3 N–H and O–H groups in total. The molecule has 0 aliphatic heterocycles. The molecule has 5 heteroatoms. The van der Waals surface area contributed by atoms with Crippen LogP contribution >= 0.6 is 0 Å². The Bertz CT molecular complexity index is 952. The smallest absolute Gasteiger partial charge is 0.337 e. The topological polar surface area (TPSA) is 72.0 Å². The molecule has 3 rings (SSSR count). The lowest BCUT2D eigenvalue weighted by Gasteiger charge is -2.17. The maximum Gasteiger partial charge on any atom is 0.337 e. The quantitative estimate of drug-likeness (QED) is 0.610. The summed E-state index contributed by atoms with van der Waals surface area (Å²) in [6.45, 7) is 2.33. The van der Waals surface area contributed by atoms with E-state index < -0.39 is 5.97 Å². The van der Waals surface area contributed by atoms with Crippen LogP contribution in [0.3, 0.4) is 0 Å². The number of aryl methyl sites for hydroxylation is 1. The number of ether oxygens (including phenoxy) is 1. The summed E-state index contributed by atoms with van der Waals surface area (Å²) in [7, 11) is 1.34. The van der Waals surface area contributed by atoms with Gasteiger partial charge in [0.25, 0.3) is 5.91 Å². The molecule has 1 atom stereocenters. The van der Waals surface area contributed by atoms with E-state index in [2.05, 4.69) is 53.4 Å². The maximum atomic E-state index is 12.5. The molecular formula is C24H25N2O3+. The molecule has 0 aliphatic carbocycles. The van der Waals surface area contributed by atoms with Crippen LogP contribution in [-0.4, -0.2) is 25.5 Å². The van der Waals surface area contributed by atoms with Gasteiger partial charge < -0.3 is 15.4 Å². The highest BCUT2D eigenvalue weighted by atomic mass is 16.5. The molecule has 3 aromatic carbocycles. The zero-order valence-electron chi connectivity index (χ0n) is 16.6. The minimum atomic E-state index is -0.403. The Hall–Kier alpha value is -3.44. The highest BCUT2D eigenvalue weighted by molar-refractivity contribution is 5.93. The third-order valence-corrected chi connectivity index (χ3v) is 4.72. The van der Waals surface area contributed by atoms with Gasteiger partial charge in [0.05, 0.1) is 12.7 Å². The zero-order valence-corrected chi connectivity index (χ0v) is 16.6. The molecular weight excluding hydrogens is 364 g/mol. The lowest BCUT2D eigenvalue weighted by atomic mass is 9.98. The zero-order chi connectivity index (χ0) is 20.6. The molecule has 0 radical (unpaired) electrons. The number of nitrogens with one attached hydrogen (secondary N) is 1. The van der Waals surface area contributed by atoms with Crippen LogP contribution < -0.4 is 10.6 Å². The highest BCUT2D eigenvalue weighted by Gasteiger charge is 2.19. The van der Waals surface area contributed by atoms with Gasteiger partial charge in [0.15, 0.2) is 6.54 Å². The van der Waals surface area contributed by atoms with E-state index in [4.69, 9.17) is 0 Å². The molecule has 0 fully saturated rings. The highest BCUT2D eigenvalue weighted by Crippen LogP contribution is 2.18. The van der Waals surface area contributed by atoms with Crippen LogP contribution in [0.2, 0.25) is 0 Å². The number of hydrogen-bond acceptors (Lipinski definition) is 3. The van der Waals surface area contributed by atoms with Gasteiger partial charge in [-0.15, -0.1) is 0 Å². The number of carbonyl (C=O) groups is 2. The van der Waals surface area contributed by atoms with E-state index in [1.165, 1.54) is 12.7 Å². The predicted octanol–water partition coefficient (Wildman–Crippen LogP) is 3.07. The van der Waals surface area contributed by atoms with Crippen LogP contribution in [0.5, 0.6) is 0 Å². The van der Waals surface area contributed by atoms with E-state index in [-0.39, 0.29) is 18.5 Å². The molecule has 0 heterocycles. The molecule has 5 nitrogen and oxygen atoms in total. The molecule has 0 saturated heterocycles. The normalized spacial score (nSPS) is 11.5. The fourth-order valence-electron chi connectivity index (χ4n) is 3.14. The number of anilines is 1. The molecule has 0 aliphatic rings. The third kappa shape index (κ3) is 5.53. The second kappa shape index (κ2) is 9.66. The first kappa shape index (κ1) is 20.3. The van der Waals surface area contributed by atoms with Crippen molar-refractivity contribution in [3.05, 3.63) is 101 Å². The van der Waals surface area contributed by atoms with Gasteiger partial charge in [0.2, 0.25) is 0 Å². The Balaban J connectivity index is 1.66. The molecule has 0 unspecified atom stereocenters. The van der Waals surface area contributed by atoms with Gasteiger partial charge in [0.1, 0.15) is 6.04 Å². The Morgan fingerprint density at radius 1 is 0.897 bits per heavy atom. The van der Waals surface area contributed by atoms with Crippen molar-refractivity contribution in [2.45, 2.75) is 13.0 Å². The fraction of sp³-hybridized carbons (Fsp3) is 0.167. The van der Waals surface area contributed by atoms with Gasteiger partial charge in [-0.05, 0) is 31.2 Å². The van der Waals surface area contributed by atoms with Crippen molar-refractivity contribution in [1.29, 1.82) is 0 Å². The van der Waals surface area contributed by atoms with Crippen LogP contribution in [0, 0.1) is 6.92 Å². The van der Waals surface area contributed by atoms with Crippen LogP contribution in [0.25, 0.3) is 0 Å². The van der Waals surface area contributed by atoms with Gasteiger partial charge in [-0.3, -0.25) is 4.79 Å². The van der Waals surface area contributed by atoms with Crippen molar-refractivity contribution in [2.24, 2.45) is 0 Å². The first-order valence-electron chi connectivity index (χ1n) is 9.50. The summed E-state index contributed by atoms with van der Waals surface area (Å²) in [5, 5.41) is 4.90. The van der Waals surface area contributed by atoms with Crippen LogP contribution in [0.1, 0.15) is 33.1 Å². The minimum Gasteiger partial charge on any atom is -0.465 e. The fourth-order valence-corrected chi connectivity index (χ4v) is 3.14. The molecule has 148 valence electrons. The number of methoxy groups -OCH3 is 1. The summed E-state index contributed by atoms with van der Waals surface area (Å²) >= 11 is 0. The summed E-state index contributed by atoms with van der Waals surface area (Å²) < 4.78 is 4.68.